The average molecular weight is 289 g/mol. The van der Waals surface area contributed by atoms with Crippen LogP contribution >= 0.6 is 0 Å². The maximum Gasteiger partial charge on any atom is 0.238 e. The Morgan fingerprint density at radius 1 is 1.24 bits per heavy atom. The van der Waals surface area contributed by atoms with Crippen LogP contribution in [0.15, 0.2) is 36.9 Å². The van der Waals surface area contributed by atoms with Gasteiger partial charge in [-0.2, -0.15) is 0 Å². The van der Waals surface area contributed by atoms with Crippen molar-refractivity contribution >= 4 is 17.5 Å². The Morgan fingerprint density at radius 3 is 2.57 bits per heavy atom. The number of rotatable bonds is 8. The molecule has 2 amide bonds. The lowest BCUT2D eigenvalue weighted by atomic mass is 10.1. The van der Waals surface area contributed by atoms with Crippen molar-refractivity contribution in [2.75, 3.05) is 32.0 Å². The molecule has 1 aromatic rings. The Kier molecular flexibility index (Phi) is 7.18. The van der Waals surface area contributed by atoms with Crippen LogP contribution in [-0.2, 0) is 16.0 Å². The summed E-state index contributed by atoms with van der Waals surface area (Å²) in [6.07, 6.45) is 2.47. The van der Waals surface area contributed by atoms with Crippen molar-refractivity contribution in [1.82, 2.24) is 10.2 Å². The molecule has 1 aromatic carbocycles. The number of anilines is 1. The standard InChI is InChI=1S/C16H23N3O2/c1-4-10-17-15(20)11-19(3)12-16(21)18-14-9-7-6-8-13(14)5-2/h4,6-9H,1,5,10-12H2,2-3H3,(H,17,20)(H,18,21). The monoisotopic (exact) mass is 289 g/mol. The van der Waals surface area contributed by atoms with Crippen LogP contribution in [0.25, 0.3) is 0 Å². The highest BCUT2D eigenvalue weighted by atomic mass is 16.2. The van der Waals surface area contributed by atoms with Gasteiger partial charge in [0.1, 0.15) is 0 Å². The van der Waals surface area contributed by atoms with Gasteiger partial charge >= 0.3 is 0 Å². The molecule has 0 radical (unpaired) electrons. The van der Waals surface area contributed by atoms with Gasteiger partial charge in [-0.1, -0.05) is 31.2 Å². The van der Waals surface area contributed by atoms with Gasteiger partial charge in [0.25, 0.3) is 0 Å². The van der Waals surface area contributed by atoms with Gasteiger partial charge < -0.3 is 10.6 Å². The van der Waals surface area contributed by atoms with Gasteiger partial charge in [0, 0.05) is 12.2 Å². The number of nitrogens with zero attached hydrogens (tertiary/aromatic N) is 1. The number of carbonyl (C=O) groups excluding carboxylic acids is 2. The summed E-state index contributed by atoms with van der Waals surface area (Å²) in [5.74, 6) is -0.255. The van der Waals surface area contributed by atoms with Crippen LogP contribution < -0.4 is 10.6 Å². The van der Waals surface area contributed by atoms with Crippen molar-refractivity contribution < 1.29 is 9.59 Å². The molecule has 0 spiro atoms. The molecule has 1 rings (SSSR count). The highest BCUT2D eigenvalue weighted by Crippen LogP contribution is 2.15. The summed E-state index contributed by atoms with van der Waals surface area (Å²) in [6, 6.07) is 7.71. The number of hydrogen-bond acceptors (Lipinski definition) is 3. The van der Waals surface area contributed by atoms with Crippen LogP contribution in [0, 0.1) is 0 Å². The largest absolute Gasteiger partial charge is 0.352 e. The minimum atomic E-state index is -0.130. The molecule has 0 unspecified atom stereocenters. The zero-order valence-electron chi connectivity index (χ0n) is 12.7. The summed E-state index contributed by atoms with van der Waals surface area (Å²) in [5, 5.41) is 5.55. The number of carbonyl (C=O) groups is 2. The van der Waals surface area contributed by atoms with Gasteiger partial charge in [-0.05, 0) is 25.1 Å². The van der Waals surface area contributed by atoms with Gasteiger partial charge in [0.2, 0.25) is 11.8 Å². The summed E-state index contributed by atoms with van der Waals surface area (Å²) < 4.78 is 0. The third-order valence-corrected chi connectivity index (χ3v) is 2.94. The molecule has 5 nitrogen and oxygen atoms in total. The van der Waals surface area contributed by atoms with Crippen LogP contribution in [0.4, 0.5) is 5.69 Å². The van der Waals surface area contributed by atoms with Crippen molar-refractivity contribution in [3.63, 3.8) is 0 Å². The Balaban J connectivity index is 2.46. The molecule has 0 aliphatic carbocycles. The number of nitrogens with one attached hydrogen (secondary N) is 2. The Hall–Kier alpha value is -2.14. The number of benzene rings is 1. The Labute approximate surface area is 126 Å². The molecule has 5 heteroatoms. The van der Waals surface area contributed by atoms with Crippen molar-refractivity contribution in [2.24, 2.45) is 0 Å². The zero-order valence-corrected chi connectivity index (χ0v) is 12.7. The van der Waals surface area contributed by atoms with E-state index in [0.29, 0.717) is 6.54 Å². The third-order valence-electron chi connectivity index (χ3n) is 2.94. The van der Waals surface area contributed by atoms with Gasteiger partial charge in [0.05, 0.1) is 13.1 Å². The number of para-hydroxylation sites is 1. The van der Waals surface area contributed by atoms with E-state index in [9.17, 15) is 9.59 Å². The molecular weight excluding hydrogens is 266 g/mol. The second kappa shape index (κ2) is 8.92. The van der Waals surface area contributed by atoms with E-state index in [4.69, 9.17) is 0 Å². The van der Waals surface area contributed by atoms with Gasteiger partial charge in [0.15, 0.2) is 0 Å². The van der Waals surface area contributed by atoms with Crippen LogP contribution in [0.2, 0.25) is 0 Å². The lowest BCUT2D eigenvalue weighted by molar-refractivity contribution is -0.122. The van der Waals surface area contributed by atoms with Crippen LogP contribution in [0.1, 0.15) is 12.5 Å². The molecular formula is C16H23N3O2. The minimum absolute atomic E-state index is 0.126. The van der Waals surface area contributed by atoms with E-state index < -0.39 is 0 Å². The second-order valence-corrected chi connectivity index (χ2v) is 4.82. The summed E-state index contributed by atoms with van der Waals surface area (Å²) in [6.45, 7) is 6.35. The maximum atomic E-state index is 12.0. The highest BCUT2D eigenvalue weighted by molar-refractivity contribution is 5.93. The zero-order chi connectivity index (χ0) is 15.7. The van der Waals surface area contributed by atoms with Crippen molar-refractivity contribution in [3.8, 4) is 0 Å². The van der Waals surface area contributed by atoms with E-state index in [1.54, 1.807) is 18.0 Å². The summed E-state index contributed by atoms with van der Waals surface area (Å²) >= 11 is 0. The smallest absolute Gasteiger partial charge is 0.238 e. The SMILES string of the molecule is C=CCNC(=O)CN(C)CC(=O)Nc1ccccc1CC. The van der Waals surface area contributed by atoms with Crippen LogP contribution in [0.5, 0.6) is 0 Å². The van der Waals surface area contributed by atoms with Gasteiger partial charge in [-0.15, -0.1) is 6.58 Å². The predicted molar refractivity (Wildman–Crippen MR) is 85.2 cm³/mol. The molecule has 0 fully saturated rings. The molecule has 0 aromatic heterocycles. The van der Waals surface area contributed by atoms with E-state index >= 15 is 0 Å². The van der Waals surface area contributed by atoms with E-state index in [-0.39, 0.29) is 24.9 Å². The van der Waals surface area contributed by atoms with E-state index in [0.717, 1.165) is 17.7 Å². The molecule has 21 heavy (non-hydrogen) atoms. The molecule has 0 saturated heterocycles. The summed E-state index contributed by atoms with van der Waals surface area (Å²) in [5.41, 5.74) is 1.92. The lowest BCUT2D eigenvalue weighted by Gasteiger charge is -2.16. The van der Waals surface area contributed by atoms with Crippen LogP contribution in [-0.4, -0.2) is 43.4 Å². The first kappa shape index (κ1) is 16.9. The fourth-order valence-corrected chi connectivity index (χ4v) is 1.93. The van der Waals surface area contributed by atoms with Crippen LogP contribution in [0.3, 0.4) is 0 Å². The number of hydrogen-bond donors (Lipinski definition) is 2. The molecule has 0 aliphatic rings. The third kappa shape index (κ3) is 6.23. The molecule has 0 atom stereocenters. The van der Waals surface area contributed by atoms with Crippen molar-refractivity contribution in [1.29, 1.82) is 0 Å². The quantitative estimate of drug-likeness (QED) is 0.712. The van der Waals surface area contributed by atoms with Crippen molar-refractivity contribution in [3.05, 3.63) is 42.5 Å². The molecule has 2 N–H and O–H groups in total. The lowest BCUT2D eigenvalue weighted by Crippen LogP contribution is -2.39. The number of aryl methyl sites for hydroxylation is 1. The van der Waals surface area contributed by atoms with E-state index in [2.05, 4.69) is 17.2 Å². The molecule has 0 saturated carbocycles. The minimum Gasteiger partial charge on any atom is -0.352 e. The second-order valence-electron chi connectivity index (χ2n) is 4.82. The molecule has 0 heterocycles. The van der Waals surface area contributed by atoms with E-state index in [1.807, 2.05) is 31.2 Å². The first-order chi connectivity index (χ1) is 10.1. The molecule has 0 bridgehead atoms. The predicted octanol–water partition coefficient (Wildman–Crippen LogP) is 1.42. The number of likely N-dealkylation sites (N-methyl/N-ethyl adjacent to an activating group) is 1. The Bertz CT molecular complexity index is 500. The van der Waals surface area contributed by atoms with E-state index in [1.165, 1.54) is 0 Å². The maximum absolute atomic E-state index is 12.0. The average Bonchev–Trinajstić information content (AvgIpc) is 2.45. The Morgan fingerprint density at radius 2 is 1.90 bits per heavy atom. The normalized spacial score (nSPS) is 10.2. The number of amides is 2. The fraction of sp³-hybridized carbons (Fsp3) is 0.375. The topological polar surface area (TPSA) is 61.4 Å². The van der Waals surface area contributed by atoms with Gasteiger partial charge in [-0.3, -0.25) is 14.5 Å². The molecule has 114 valence electrons. The highest BCUT2D eigenvalue weighted by Gasteiger charge is 2.11. The summed E-state index contributed by atoms with van der Waals surface area (Å²) in [7, 11) is 1.73. The van der Waals surface area contributed by atoms with Gasteiger partial charge in [-0.25, -0.2) is 0 Å². The summed E-state index contributed by atoms with van der Waals surface area (Å²) in [4.78, 5) is 25.2. The first-order valence-electron chi connectivity index (χ1n) is 7.00. The molecule has 0 aliphatic heterocycles. The fourth-order valence-electron chi connectivity index (χ4n) is 1.93. The first-order valence-corrected chi connectivity index (χ1v) is 7.00. The van der Waals surface area contributed by atoms with Crippen molar-refractivity contribution in [2.45, 2.75) is 13.3 Å².